The van der Waals surface area contributed by atoms with E-state index in [0.717, 1.165) is 18.4 Å². The molecule has 1 aromatic heterocycles. The summed E-state index contributed by atoms with van der Waals surface area (Å²) in [5.41, 5.74) is 6.61. The molecule has 0 bridgehead atoms. The van der Waals surface area contributed by atoms with Crippen molar-refractivity contribution in [1.82, 2.24) is 9.78 Å². The van der Waals surface area contributed by atoms with E-state index in [9.17, 15) is 5.11 Å². The van der Waals surface area contributed by atoms with E-state index in [0.29, 0.717) is 5.82 Å². The standard InChI is InChI=1S/C15H29N3O/c1-3-4-5-6-7-8-9-10-11-14(19)13-12-17-18(2)15(13)16/h12,14,19H,3-11,16H2,1-2H3. The van der Waals surface area contributed by atoms with Gasteiger partial charge in [0.25, 0.3) is 0 Å². The normalized spacial score (nSPS) is 12.8. The fraction of sp³-hybridized carbons (Fsp3) is 0.800. The molecule has 0 aliphatic rings. The van der Waals surface area contributed by atoms with Gasteiger partial charge in [-0.05, 0) is 6.42 Å². The molecule has 1 rings (SSSR count). The summed E-state index contributed by atoms with van der Waals surface area (Å²) in [7, 11) is 1.79. The maximum absolute atomic E-state index is 10.1. The smallest absolute Gasteiger partial charge is 0.127 e. The summed E-state index contributed by atoms with van der Waals surface area (Å²) in [6, 6.07) is 0. The molecule has 3 N–H and O–H groups in total. The first kappa shape index (κ1) is 16.0. The van der Waals surface area contributed by atoms with Crippen LogP contribution in [0, 0.1) is 0 Å². The number of hydrogen-bond donors (Lipinski definition) is 2. The van der Waals surface area contributed by atoms with Crippen molar-refractivity contribution in [2.45, 2.75) is 70.8 Å². The van der Waals surface area contributed by atoms with Crippen LogP contribution in [0.5, 0.6) is 0 Å². The monoisotopic (exact) mass is 267 g/mol. The van der Waals surface area contributed by atoms with Crippen molar-refractivity contribution in [2.24, 2.45) is 7.05 Å². The molecular weight excluding hydrogens is 238 g/mol. The summed E-state index contributed by atoms with van der Waals surface area (Å²) in [6.45, 7) is 2.24. The van der Waals surface area contributed by atoms with Crippen molar-refractivity contribution in [3.8, 4) is 0 Å². The number of aryl methyl sites for hydroxylation is 1. The fourth-order valence-electron chi connectivity index (χ4n) is 2.35. The van der Waals surface area contributed by atoms with E-state index in [1.807, 2.05) is 0 Å². The van der Waals surface area contributed by atoms with Crippen LogP contribution in [0.1, 0.15) is 76.4 Å². The van der Waals surface area contributed by atoms with Crippen molar-refractivity contribution in [3.05, 3.63) is 11.8 Å². The van der Waals surface area contributed by atoms with Crippen molar-refractivity contribution < 1.29 is 5.11 Å². The molecular formula is C15H29N3O. The molecule has 1 aromatic rings. The van der Waals surface area contributed by atoms with Crippen LogP contribution in [0.4, 0.5) is 5.82 Å². The highest BCUT2D eigenvalue weighted by atomic mass is 16.3. The zero-order valence-electron chi connectivity index (χ0n) is 12.4. The highest BCUT2D eigenvalue weighted by Crippen LogP contribution is 2.24. The van der Waals surface area contributed by atoms with Crippen LogP contribution in [-0.2, 0) is 7.05 Å². The Morgan fingerprint density at radius 2 is 1.74 bits per heavy atom. The van der Waals surface area contributed by atoms with Gasteiger partial charge in [0.05, 0.1) is 12.3 Å². The SMILES string of the molecule is CCCCCCCCCCC(O)c1cnn(C)c1N. The zero-order chi connectivity index (χ0) is 14.1. The quantitative estimate of drug-likeness (QED) is 0.637. The van der Waals surface area contributed by atoms with Gasteiger partial charge >= 0.3 is 0 Å². The summed E-state index contributed by atoms with van der Waals surface area (Å²) in [6.07, 6.45) is 12.2. The summed E-state index contributed by atoms with van der Waals surface area (Å²) >= 11 is 0. The first-order chi connectivity index (χ1) is 9.16. The molecule has 19 heavy (non-hydrogen) atoms. The Bertz CT molecular complexity index is 349. The minimum Gasteiger partial charge on any atom is -0.388 e. The number of anilines is 1. The van der Waals surface area contributed by atoms with Crippen LogP contribution >= 0.6 is 0 Å². The van der Waals surface area contributed by atoms with Crippen molar-refractivity contribution in [1.29, 1.82) is 0 Å². The van der Waals surface area contributed by atoms with Gasteiger partial charge in [0.1, 0.15) is 5.82 Å². The molecule has 0 saturated heterocycles. The van der Waals surface area contributed by atoms with Gasteiger partial charge < -0.3 is 10.8 Å². The third-order valence-corrected chi connectivity index (χ3v) is 3.70. The van der Waals surface area contributed by atoms with Gasteiger partial charge in [0.15, 0.2) is 0 Å². The Kier molecular flexibility index (Phi) is 7.56. The largest absolute Gasteiger partial charge is 0.388 e. The molecule has 0 spiro atoms. The molecule has 1 unspecified atom stereocenters. The Morgan fingerprint density at radius 1 is 1.16 bits per heavy atom. The predicted molar refractivity (Wildman–Crippen MR) is 79.8 cm³/mol. The maximum Gasteiger partial charge on any atom is 0.127 e. The number of aromatic nitrogens is 2. The number of nitrogens with zero attached hydrogens (tertiary/aromatic N) is 2. The third-order valence-electron chi connectivity index (χ3n) is 3.70. The highest BCUT2D eigenvalue weighted by Gasteiger charge is 2.13. The van der Waals surface area contributed by atoms with Crippen LogP contribution in [0.25, 0.3) is 0 Å². The molecule has 4 heteroatoms. The summed E-state index contributed by atoms with van der Waals surface area (Å²) < 4.78 is 1.60. The minimum absolute atomic E-state index is 0.464. The molecule has 1 atom stereocenters. The van der Waals surface area contributed by atoms with Crippen LogP contribution in [0.3, 0.4) is 0 Å². The third kappa shape index (κ3) is 5.64. The number of aliphatic hydroxyl groups excluding tert-OH is 1. The number of nitrogen functional groups attached to an aromatic ring is 1. The zero-order valence-corrected chi connectivity index (χ0v) is 12.4. The van der Waals surface area contributed by atoms with E-state index in [-0.39, 0.29) is 0 Å². The fourth-order valence-corrected chi connectivity index (χ4v) is 2.35. The van der Waals surface area contributed by atoms with Gasteiger partial charge in [0.2, 0.25) is 0 Å². The number of rotatable bonds is 10. The van der Waals surface area contributed by atoms with Gasteiger partial charge in [-0.3, -0.25) is 4.68 Å². The summed E-state index contributed by atoms with van der Waals surface area (Å²) in [5.74, 6) is 0.576. The lowest BCUT2D eigenvalue weighted by Crippen LogP contribution is -2.03. The average molecular weight is 267 g/mol. The van der Waals surface area contributed by atoms with Crippen LogP contribution in [-0.4, -0.2) is 14.9 Å². The average Bonchev–Trinajstić information content (AvgIpc) is 2.73. The Morgan fingerprint density at radius 3 is 2.26 bits per heavy atom. The van der Waals surface area contributed by atoms with Crippen LogP contribution < -0.4 is 5.73 Å². The van der Waals surface area contributed by atoms with E-state index in [2.05, 4.69) is 12.0 Å². The Hall–Kier alpha value is -1.03. The molecule has 0 aliphatic heterocycles. The molecule has 0 saturated carbocycles. The first-order valence-electron chi connectivity index (χ1n) is 7.62. The second kappa shape index (κ2) is 8.97. The second-order valence-electron chi connectivity index (χ2n) is 5.39. The predicted octanol–water partition coefficient (Wildman–Crippen LogP) is 3.57. The second-order valence-corrected chi connectivity index (χ2v) is 5.39. The number of nitrogens with two attached hydrogens (primary N) is 1. The van der Waals surface area contributed by atoms with E-state index in [4.69, 9.17) is 5.73 Å². The topological polar surface area (TPSA) is 64.1 Å². The molecule has 0 radical (unpaired) electrons. The lowest BCUT2D eigenvalue weighted by atomic mass is 10.0. The summed E-state index contributed by atoms with van der Waals surface area (Å²) in [5, 5.41) is 14.1. The van der Waals surface area contributed by atoms with Crippen molar-refractivity contribution in [3.63, 3.8) is 0 Å². The summed E-state index contributed by atoms with van der Waals surface area (Å²) in [4.78, 5) is 0. The number of unbranched alkanes of at least 4 members (excludes halogenated alkanes) is 7. The lowest BCUT2D eigenvalue weighted by molar-refractivity contribution is 0.164. The highest BCUT2D eigenvalue weighted by molar-refractivity contribution is 5.39. The lowest BCUT2D eigenvalue weighted by Gasteiger charge is -2.09. The molecule has 0 aliphatic carbocycles. The Labute approximate surface area is 117 Å². The van der Waals surface area contributed by atoms with Gasteiger partial charge in [-0.25, -0.2) is 0 Å². The molecule has 0 fully saturated rings. The van der Waals surface area contributed by atoms with Gasteiger partial charge in [-0.2, -0.15) is 5.10 Å². The van der Waals surface area contributed by atoms with E-state index in [1.54, 1.807) is 17.9 Å². The molecule has 4 nitrogen and oxygen atoms in total. The molecule has 110 valence electrons. The van der Waals surface area contributed by atoms with E-state index < -0.39 is 6.10 Å². The molecule has 0 aromatic carbocycles. The van der Waals surface area contributed by atoms with Crippen LogP contribution in [0.2, 0.25) is 0 Å². The van der Waals surface area contributed by atoms with E-state index in [1.165, 1.54) is 44.9 Å². The van der Waals surface area contributed by atoms with Crippen molar-refractivity contribution >= 4 is 5.82 Å². The van der Waals surface area contributed by atoms with Gasteiger partial charge in [-0.1, -0.05) is 58.3 Å². The first-order valence-corrected chi connectivity index (χ1v) is 7.62. The molecule has 1 heterocycles. The van der Waals surface area contributed by atoms with Crippen molar-refractivity contribution in [2.75, 3.05) is 5.73 Å². The van der Waals surface area contributed by atoms with Crippen LogP contribution in [0.15, 0.2) is 6.20 Å². The molecule has 0 amide bonds. The van der Waals surface area contributed by atoms with Gasteiger partial charge in [0, 0.05) is 12.6 Å². The van der Waals surface area contributed by atoms with E-state index >= 15 is 0 Å². The minimum atomic E-state index is -0.464. The number of hydrogen-bond acceptors (Lipinski definition) is 3. The Balaban J connectivity index is 2.08. The van der Waals surface area contributed by atoms with Gasteiger partial charge in [-0.15, -0.1) is 0 Å². The maximum atomic E-state index is 10.1. The number of aliphatic hydroxyl groups is 1.